The van der Waals surface area contributed by atoms with Crippen LogP contribution in [0.25, 0.3) is 0 Å². The summed E-state index contributed by atoms with van der Waals surface area (Å²) in [6.45, 7) is 12.0. The molecule has 0 spiro atoms. The molecule has 0 bridgehead atoms. The molecule has 3 amide bonds. The molecule has 1 saturated carbocycles. The molecule has 9 heteroatoms. The topological polar surface area (TPSA) is 131 Å². The second kappa shape index (κ2) is 18.3. The van der Waals surface area contributed by atoms with Crippen molar-refractivity contribution in [2.75, 3.05) is 13.2 Å². The Bertz CT molecular complexity index is 886. The minimum atomic E-state index is -1.01. The zero-order valence-electron chi connectivity index (χ0n) is 28.9. The van der Waals surface area contributed by atoms with Gasteiger partial charge in [0.1, 0.15) is 6.10 Å². The lowest BCUT2D eigenvalue weighted by molar-refractivity contribution is -0.304. The molecule has 44 heavy (non-hydrogen) atoms. The van der Waals surface area contributed by atoms with Crippen LogP contribution in [0.3, 0.4) is 0 Å². The van der Waals surface area contributed by atoms with E-state index in [-0.39, 0.29) is 18.5 Å². The van der Waals surface area contributed by atoms with Crippen LogP contribution in [-0.4, -0.2) is 64.5 Å². The van der Waals surface area contributed by atoms with Gasteiger partial charge in [-0.2, -0.15) is 0 Å². The normalized spacial score (nSPS) is 22.1. The Hall–Kier alpha value is -1.87. The van der Waals surface area contributed by atoms with Crippen LogP contribution in [-0.2, 0) is 19.1 Å². The van der Waals surface area contributed by atoms with Crippen molar-refractivity contribution in [1.82, 2.24) is 10.2 Å². The highest BCUT2D eigenvalue weighted by atomic mass is 16.7. The third-order valence-corrected chi connectivity index (χ3v) is 9.90. The molecule has 3 unspecified atom stereocenters. The van der Waals surface area contributed by atoms with Crippen molar-refractivity contribution in [2.45, 2.75) is 181 Å². The first-order valence-electron chi connectivity index (χ1n) is 17.7. The number of carbonyl (C=O) groups excluding carboxylic acids is 2. The molecule has 0 radical (unpaired) electrons. The fourth-order valence-corrected chi connectivity index (χ4v) is 7.35. The number of carboxylic acids is 1. The minimum absolute atomic E-state index is 0.0887. The summed E-state index contributed by atoms with van der Waals surface area (Å²) < 4.78 is 11.8. The van der Waals surface area contributed by atoms with Crippen LogP contribution in [0.15, 0.2) is 0 Å². The number of hydrogen-bond acceptors (Lipinski definition) is 5. The first-order valence-corrected chi connectivity index (χ1v) is 17.7. The van der Waals surface area contributed by atoms with Crippen molar-refractivity contribution in [1.29, 1.82) is 0 Å². The van der Waals surface area contributed by atoms with Crippen LogP contribution in [0, 0.1) is 11.3 Å². The molecule has 1 heterocycles. The Kier molecular flexibility index (Phi) is 16.0. The van der Waals surface area contributed by atoms with Gasteiger partial charge < -0.3 is 30.5 Å². The van der Waals surface area contributed by atoms with Crippen LogP contribution in [0.2, 0.25) is 0 Å². The predicted molar refractivity (Wildman–Crippen MR) is 175 cm³/mol. The fraction of sp³-hybridized carbons (Fsp3) is 0.914. The Morgan fingerprint density at radius 3 is 1.93 bits per heavy atom. The fourth-order valence-electron chi connectivity index (χ4n) is 7.35. The van der Waals surface area contributed by atoms with E-state index in [1.165, 1.54) is 38.5 Å². The molecule has 0 aromatic rings. The number of aliphatic carboxylic acids is 1. The van der Waals surface area contributed by atoms with E-state index in [2.05, 4.69) is 19.2 Å². The zero-order chi connectivity index (χ0) is 32.8. The second-order valence-electron chi connectivity index (χ2n) is 14.6. The number of rotatable bonds is 20. The molecule has 4 N–H and O–H groups in total. The molecule has 2 fully saturated rings. The summed E-state index contributed by atoms with van der Waals surface area (Å²) in [6.07, 6.45) is 17.3. The van der Waals surface area contributed by atoms with Gasteiger partial charge >= 0.3 is 12.0 Å². The van der Waals surface area contributed by atoms with Crippen LogP contribution >= 0.6 is 0 Å². The molecule has 1 aliphatic carbocycles. The molecule has 0 aromatic carbocycles. The quantitative estimate of drug-likeness (QED) is 0.120. The molecule has 256 valence electrons. The van der Waals surface area contributed by atoms with Crippen molar-refractivity contribution in [2.24, 2.45) is 17.1 Å². The van der Waals surface area contributed by atoms with E-state index in [0.29, 0.717) is 19.4 Å². The zero-order valence-corrected chi connectivity index (χ0v) is 28.9. The van der Waals surface area contributed by atoms with E-state index >= 15 is 0 Å². The Balaban J connectivity index is 2.29. The maximum atomic E-state index is 13.5. The smallest absolute Gasteiger partial charge is 0.315 e. The molecule has 1 saturated heterocycles. The number of carboxylic acid groups (broad SMARTS) is 1. The molecule has 9 nitrogen and oxygen atoms in total. The Morgan fingerprint density at radius 1 is 0.864 bits per heavy atom. The van der Waals surface area contributed by atoms with Crippen LogP contribution in [0.5, 0.6) is 0 Å². The van der Waals surface area contributed by atoms with Crippen LogP contribution in [0.1, 0.15) is 157 Å². The van der Waals surface area contributed by atoms with Gasteiger partial charge in [0.2, 0.25) is 5.91 Å². The lowest BCUT2D eigenvalue weighted by Gasteiger charge is -2.52. The second-order valence-corrected chi connectivity index (χ2v) is 14.6. The summed E-state index contributed by atoms with van der Waals surface area (Å²) >= 11 is 0. The van der Waals surface area contributed by atoms with Crippen molar-refractivity contribution >= 4 is 17.9 Å². The summed E-state index contributed by atoms with van der Waals surface area (Å²) in [5, 5.41) is 13.6. The number of ether oxygens (including phenoxy) is 2. The standard InChI is InChI=1S/C35H65N3O6/c1-7-9-11-12-13-14-15-18-22-27(21-17-10-8-2)38(32(36)42)35(23-19-16-20-24-35)28(31(40)41)25-37-30(39)29-33(3,4)26-43-34(5,6)44-29/h27-29H,7-26H2,1-6H3,(H2,36,42)(H,37,39)(H,40,41). The molecule has 0 aromatic heterocycles. The summed E-state index contributed by atoms with van der Waals surface area (Å²) in [4.78, 5) is 41.8. The number of unbranched alkanes of at least 4 members (excludes halogenated alkanes) is 9. The van der Waals surface area contributed by atoms with E-state index in [0.717, 1.165) is 64.2 Å². The van der Waals surface area contributed by atoms with Crippen molar-refractivity contribution in [3.05, 3.63) is 0 Å². The number of nitrogens with two attached hydrogens (primary N) is 1. The average Bonchev–Trinajstić information content (AvgIpc) is 2.96. The number of hydrogen-bond donors (Lipinski definition) is 3. The van der Waals surface area contributed by atoms with Crippen molar-refractivity contribution < 1.29 is 29.0 Å². The van der Waals surface area contributed by atoms with E-state index < -0.39 is 40.8 Å². The van der Waals surface area contributed by atoms with Gasteiger partial charge in [0.25, 0.3) is 0 Å². The predicted octanol–water partition coefficient (Wildman–Crippen LogP) is 7.54. The molecule has 2 aliphatic rings. The Labute approximate surface area is 267 Å². The number of amides is 3. The lowest BCUT2D eigenvalue weighted by Crippen LogP contribution is -2.66. The van der Waals surface area contributed by atoms with E-state index in [9.17, 15) is 19.5 Å². The van der Waals surface area contributed by atoms with Crippen molar-refractivity contribution in [3.8, 4) is 0 Å². The highest BCUT2D eigenvalue weighted by molar-refractivity contribution is 5.83. The summed E-state index contributed by atoms with van der Waals surface area (Å²) in [6, 6.07) is -0.658. The number of carbonyl (C=O) groups is 3. The highest BCUT2D eigenvalue weighted by Gasteiger charge is 2.52. The van der Waals surface area contributed by atoms with Crippen LogP contribution in [0.4, 0.5) is 4.79 Å². The van der Waals surface area contributed by atoms with Gasteiger partial charge in [-0.3, -0.25) is 9.59 Å². The lowest BCUT2D eigenvalue weighted by atomic mass is 9.70. The largest absolute Gasteiger partial charge is 0.481 e. The van der Waals surface area contributed by atoms with Crippen molar-refractivity contribution in [3.63, 3.8) is 0 Å². The van der Waals surface area contributed by atoms with Gasteiger partial charge in [-0.15, -0.1) is 0 Å². The van der Waals surface area contributed by atoms with Crippen LogP contribution < -0.4 is 11.1 Å². The van der Waals surface area contributed by atoms with Gasteiger partial charge in [0, 0.05) is 18.0 Å². The first-order chi connectivity index (χ1) is 20.8. The first kappa shape index (κ1) is 38.3. The van der Waals surface area contributed by atoms with E-state index in [1.807, 2.05) is 13.8 Å². The third kappa shape index (κ3) is 11.2. The summed E-state index contributed by atoms with van der Waals surface area (Å²) in [7, 11) is 0. The maximum Gasteiger partial charge on any atom is 0.315 e. The maximum absolute atomic E-state index is 13.5. The van der Waals surface area contributed by atoms with Gasteiger partial charge in [-0.05, 0) is 39.5 Å². The van der Waals surface area contributed by atoms with E-state index in [1.54, 1.807) is 18.7 Å². The molecular formula is C35H65N3O6. The number of nitrogens with zero attached hydrogens (tertiary/aromatic N) is 1. The summed E-state index contributed by atoms with van der Waals surface area (Å²) in [5.41, 5.74) is 4.67. The minimum Gasteiger partial charge on any atom is -0.481 e. The molecule has 3 atom stereocenters. The average molecular weight is 624 g/mol. The van der Waals surface area contributed by atoms with Gasteiger partial charge in [0.15, 0.2) is 5.79 Å². The number of nitrogens with one attached hydrogen (secondary N) is 1. The monoisotopic (exact) mass is 623 g/mol. The molecule has 2 rings (SSSR count). The highest BCUT2D eigenvalue weighted by Crippen LogP contribution is 2.43. The molecular weight excluding hydrogens is 558 g/mol. The number of urea groups is 1. The van der Waals surface area contributed by atoms with E-state index in [4.69, 9.17) is 15.2 Å². The summed E-state index contributed by atoms with van der Waals surface area (Å²) in [5.74, 6) is -3.27. The molecule has 1 aliphatic heterocycles. The SMILES string of the molecule is CCCCCCCCCCC(CCCCC)N(C(N)=O)C1(C(CNC(=O)C2OC(C)(C)OCC2(C)C)C(=O)O)CCCCC1. The van der Waals surface area contributed by atoms with Gasteiger partial charge in [0.05, 0.1) is 18.1 Å². The van der Waals surface area contributed by atoms with Gasteiger partial charge in [-0.25, -0.2) is 4.79 Å². The van der Waals surface area contributed by atoms with Gasteiger partial charge in [-0.1, -0.05) is 118 Å². The third-order valence-electron chi connectivity index (χ3n) is 9.90. The Morgan fingerprint density at radius 2 is 1.39 bits per heavy atom. The number of primary amides is 1.